The van der Waals surface area contributed by atoms with Crippen molar-refractivity contribution in [1.29, 1.82) is 0 Å². The van der Waals surface area contributed by atoms with Crippen LogP contribution in [-0.4, -0.2) is 41.5 Å². The average Bonchev–Trinajstić information content (AvgIpc) is 3.05. The van der Waals surface area contributed by atoms with Gasteiger partial charge < -0.3 is 10.4 Å². The molecule has 3 rings (SSSR count). The first-order valence-electron chi connectivity index (χ1n) is 9.30. The number of carboxylic acid groups (broad SMARTS) is 1. The molecule has 2 unspecified atom stereocenters. The summed E-state index contributed by atoms with van der Waals surface area (Å²) < 4.78 is 0. The molecule has 2 aromatic carbocycles. The van der Waals surface area contributed by atoms with Gasteiger partial charge in [0.2, 0.25) is 5.91 Å². The monoisotopic (exact) mass is 366 g/mol. The SMILES string of the molecule is CC1(C(=O)O)CCN(CC(=O)NC(Cc2ccccc2)c2ccccc2)C1. The van der Waals surface area contributed by atoms with E-state index in [0.717, 1.165) is 11.1 Å². The zero-order valence-corrected chi connectivity index (χ0v) is 15.6. The molecular formula is C22H26N2O3. The molecule has 0 aromatic heterocycles. The van der Waals surface area contributed by atoms with Gasteiger partial charge in [-0.3, -0.25) is 14.5 Å². The zero-order valence-electron chi connectivity index (χ0n) is 15.6. The molecule has 2 aromatic rings. The van der Waals surface area contributed by atoms with Crippen LogP contribution in [0, 0.1) is 5.41 Å². The Bertz CT molecular complexity index is 779. The highest BCUT2D eigenvalue weighted by Gasteiger charge is 2.40. The van der Waals surface area contributed by atoms with Gasteiger partial charge in [0.25, 0.3) is 0 Å². The van der Waals surface area contributed by atoms with Crippen LogP contribution in [0.15, 0.2) is 60.7 Å². The number of hydrogen-bond donors (Lipinski definition) is 2. The lowest BCUT2D eigenvalue weighted by molar-refractivity contribution is -0.147. The lowest BCUT2D eigenvalue weighted by Gasteiger charge is -2.23. The number of nitrogens with one attached hydrogen (secondary N) is 1. The first-order valence-corrected chi connectivity index (χ1v) is 9.30. The molecule has 0 aliphatic carbocycles. The summed E-state index contributed by atoms with van der Waals surface area (Å²) in [6.45, 7) is 3.01. The highest BCUT2D eigenvalue weighted by atomic mass is 16.4. The number of carbonyl (C=O) groups excluding carboxylic acids is 1. The van der Waals surface area contributed by atoms with Gasteiger partial charge in [-0.25, -0.2) is 0 Å². The van der Waals surface area contributed by atoms with Crippen LogP contribution in [0.1, 0.15) is 30.5 Å². The normalized spacial score (nSPS) is 20.9. The van der Waals surface area contributed by atoms with E-state index in [2.05, 4.69) is 17.4 Å². The van der Waals surface area contributed by atoms with E-state index in [0.29, 0.717) is 25.9 Å². The minimum atomic E-state index is -0.795. The topological polar surface area (TPSA) is 69.6 Å². The van der Waals surface area contributed by atoms with Crippen molar-refractivity contribution in [3.63, 3.8) is 0 Å². The van der Waals surface area contributed by atoms with E-state index in [-0.39, 0.29) is 18.5 Å². The Hall–Kier alpha value is -2.66. The number of carboxylic acids is 1. The van der Waals surface area contributed by atoms with Gasteiger partial charge in [0.15, 0.2) is 0 Å². The number of likely N-dealkylation sites (tertiary alicyclic amines) is 1. The molecule has 0 saturated carbocycles. The largest absolute Gasteiger partial charge is 0.481 e. The van der Waals surface area contributed by atoms with Gasteiger partial charge in [-0.1, -0.05) is 60.7 Å². The Labute approximate surface area is 160 Å². The number of nitrogens with zero attached hydrogens (tertiary/aromatic N) is 1. The van der Waals surface area contributed by atoms with Gasteiger partial charge in [0.1, 0.15) is 0 Å². The molecule has 1 heterocycles. The fourth-order valence-electron chi connectivity index (χ4n) is 3.60. The summed E-state index contributed by atoms with van der Waals surface area (Å²) in [4.78, 5) is 26.0. The minimum Gasteiger partial charge on any atom is -0.481 e. The molecule has 1 fully saturated rings. The molecule has 1 amide bonds. The van der Waals surface area contributed by atoms with Gasteiger partial charge in [0, 0.05) is 6.54 Å². The quantitative estimate of drug-likeness (QED) is 0.791. The van der Waals surface area contributed by atoms with E-state index >= 15 is 0 Å². The van der Waals surface area contributed by atoms with Gasteiger partial charge in [-0.15, -0.1) is 0 Å². The number of aliphatic carboxylic acids is 1. The summed E-state index contributed by atoms with van der Waals surface area (Å²) in [7, 11) is 0. The maximum absolute atomic E-state index is 12.7. The van der Waals surface area contributed by atoms with Crippen molar-refractivity contribution >= 4 is 11.9 Å². The van der Waals surface area contributed by atoms with Crippen molar-refractivity contribution in [1.82, 2.24) is 10.2 Å². The van der Waals surface area contributed by atoms with Crippen LogP contribution < -0.4 is 5.32 Å². The van der Waals surface area contributed by atoms with E-state index in [1.807, 2.05) is 53.4 Å². The number of benzene rings is 2. The summed E-state index contributed by atoms with van der Waals surface area (Å²) >= 11 is 0. The molecule has 1 saturated heterocycles. The predicted molar refractivity (Wildman–Crippen MR) is 104 cm³/mol. The summed E-state index contributed by atoms with van der Waals surface area (Å²) in [6.07, 6.45) is 1.28. The summed E-state index contributed by atoms with van der Waals surface area (Å²) in [5.41, 5.74) is 1.46. The third-order valence-corrected chi connectivity index (χ3v) is 5.26. The highest BCUT2D eigenvalue weighted by molar-refractivity contribution is 5.79. The molecule has 5 nitrogen and oxygen atoms in total. The van der Waals surface area contributed by atoms with Crippen molar-refractivity contribution in [3.05, 3.63) is 71.8 Å². The van der Waals surface area contributed by atoms with Crippen LogP contribution in [0.25, 0.3) is 0 Å². The molecule has 142 valence electrons. The maximum Gasteiger partial charge on any atom is 0.310 e. The Balaban J connectivity index is 1.65. The number of rotatable bonds is 7. The van der Waals surface area contributed by atoms with E-state index < -0.39 is 11.4 Å². The second-order valence-electron chi connectivity index (χ2n) is 7.55. The Morgan fingerprint density at radius 1 is 1.11 bits per heavy atom. The van der Waals surface area contributed by atoms with Gasteiger partial charge in [0.05, 0.1) is 18.0 Å². The van der Waals surface area contributed by atoms with Crippen LogP contribution in [-0.2, 0) is 16.0 Å². The molecule has 27 heavy (non-hydrogen) atoms. The predicted octanol–water partition coefficient (Wildman–Crippen LogP) is 2.88. The second-order valence-corrected chi connectivity index (χ2v) is 7.55. The van der Waals surface area contributed by atoms with Crippen molar-refractivity contribution in [2.75, 3.05) is 19.6 Å². The minimum absolute atomic E-state index is 0.0746. The van der Waals surface area contributed by atoms with Crippen molar-refractivity contribution in [2.45, 2.75) is 25.8 Å². The van der Waals surface area contributed by atoms with Crippen LogP contribution >= 0.6 is 0 Å². The van der Waals surface area contributed by atoms with Crippen LogP contribution in [0.2, 0.25) is 0 Å². The lowest BCUT2D eigenvalue weighted by Crippen LogP contribution is -2.40. The third kappa shape index (κ3) is 4.95. The van der Waals surface area contributed by atoms with Crippen molar-refractivity contribution < 1.29 is 14.7 Å². The smallest absolute Gasteiger partial charge is 0.310 e. The van der Waals surface area contributed by atoms with E-state index in [9.17, 15) is 14.7 Å². The molecular weight excluding hydrogens is 340 g/mol. The average molecular weight is 366 g/mol. The Morgan fingerprint density at radius 3 is 2.33 bits per heavy atom. The fraction of sp³-hybridized carbons (Fsp3) is 0.364. The van der Waals surface area contributed by atoms with Gasteiger partial charge in [-0.2, -0.15) is 0 Å². The molecule has 2 atom stereocenters. The molecule has 0 bridgehead atoms. The van der Waals surface area contributed by atoms with E-state index in [4.69, 9.17) is 0 Å². The number of carbonyl (C=O) groups is 2. The lowest BCUT2D eigenvalue weighted by atomic mass is 9.90. The summed E-state index contributed by atoms with van der Waals surface area (Å²) in [6, 6.07) is 19.9. The zero-order chi connectivity index (χ0) is 19.3. The molecule has 1 aliphatic heterocycles. The molecule has 2 N–H and O–H groups in total. The van der Waals surface area contributed by atoms with Crippen LogP contribution in [0.4, 0.5) is 0 Å². The molecule has 5 heteroatoms. The van der Waals surface area contributed by atoms with Crippen LogP contribution in [0.5, 0.6) is 0 Å². The van der Waals surface area contributed by atoms with Gasteiger partial charge in [-0.05, 0) is 37.4 Å². The summed E-state index contributed by atoms with van der Waals surface area (Å²) in [5, 5.41) is 12.5. The first kappa shape index (κ1) is 19.1. The van der Waals surface area contributed by atoms with E-state index in [1.165, 1.54) is 0 Å². The Morgan fingerprint density at radius 2 is 1.74 bits per heavy atom. The second kappa shape index (κ2) is 8.35. The van der Waals surface area contributed by atoms with Crippen LogP contribution in [0.3, 0.4) is 0 Å². The van der Waals surface area contributed by atoms with Crippen molar-refractivity contribution in [2.24, 2.45) is 5.41 Å². The third-order valence-electron chi connectivity index (χ3n) is 5.26. The summed E-state index contributed by atoms with van der Waals surface area (Å²) in [5.74, 6) is -0.869. The molecule has 1 aliphatic rings. The van der Waals surface area contributed by atoms with Gasteiger partial charge >= 0.3 is 5.97 Å². The number of amides is 1. The standard InChI is InChI=1S/C22H26N2O3/c1-22(21(26)27)12-13-24(16-22)15-20(25)23-19(18-10-6-3-7-11-18)14-17-8-4-2-5-9-17/h2-11,19H,12-16H2,1H3,(H,23,25)(H,26,27). The van der Waals surface area contributed by atoms with Crippen molar-refractivity contribution in [3.8, 4) is 0 Å². The number of hydrogen-bond acceptors (Lipinski definition) is 3. The first-order chi connectivity index (χ1) is 13.0. The van der Waals surface area contributed by atoms with E-state index in [1.54, 1.807) is 6.92 Å². The highest BCUT2D eigenvalue weighted by Crippen LogP contribution is 2.29. The Kier molecular flexibility index (Phi) is 5.91. The maximum atomic E-state index is 12.7. The molecule has 0 radical (unpaired) electrons. The molecule has 0 spiro atoms. The fourth-order valence-corrected chi connectivity index (χ4v) is 3.60.